The summed E-state index contributed by atoms with van der Waals surface area (Å²) in [6.45, 7) is 4.70. The molecule has 4 N–H and O–H groups in total. The van der Waals surface area contributed by atoms with Crippen LogP contribution in [0.4, 0.5) is 32.0 Å². The average molecular weight is 979 g/mol. The number of anilines is 1. The molecule has 1 atom stereocenters. The molecule has 2 aliphatic heterocycles. The standard InChI is InChI=1S/C45H47F3N10O5.C2HF3O2/c1-54-37-19-26(6-11-35(37)58(45(54)63)36-12-13-38(59)52-44(36)62)3-2-14-55-15-17-56(18-16-55)31-23-49-42(50-24-31)28-7-8-29-25-57(53-34(29)20-28)30-9-4-27(5-10-30)22-51-43(61)32-21-33(46)41(60)40(48)39(32)47;3-2(4,5)1(6)7/h6-8,11,19-21,23-25,27,30,36,60H,2-5,9-10,12-18,22H2,1H3,(H,51,61)(H,52,59,62);(H,6,7)/t27?,30?,36-;/m1./s1. The Hall–Kier alpha value is -7.30. The Morgan fingerprint density at radius 2 is 1.59 bits per heavy atom. The van der Waals surface area contributed by atoms with Crippen LogP contribution in [0.5, 0.6) is 5.75 Å². The Morgan fingerprint density at radius 1 is 0.886 bits per heavy atom. The number of fused-ring (bicyclic) bond motifs is 2. The third kappa shape index (κ3) is 10.6. The van der Waals surface area contributed by atoms with E-state index in [4.69, 9.17) is 25.0 Å². The molecule has 370 valence electrons. The molecule has 1 saturated carbocycles. The second-order valence-electron chi connectivity index (χ2n) is 17.7. The third-order valence-corrected chi connectivity index (χ3v) is 13.1. The molecular formula is C47H48F6N10O7. The van der Waals surface area contributed by atoms with Crippen LogP contribution in [0.1, 0.15) is 73.0 Å². The molecule has 70 heavy (non-hydrogen) atoms. The van der Waals surface area contributed by atoms with Crippen LogP contribution in [-0.4, -0.2) is 113 Å². The number of aryl methyl sites for hydroxylation is 2. The van der Waals surface area contributed by atoms with E-state index in [1.165, 1.54) is 4.57 Å². The summed E-state index contributed by atoms with van der Waals surface area (Å²) in [5.74, 6) is -9.95. The first-order valence-electron chi connectivity index (χ1n) is 22.6. The predicted molar refractivity (Wildman–Crippen MR) is 241 cm³/mol. The van der Waals surface area contributed by atoms with Crippen LogP contribution in [0.15, 0.2) is 65.8 Å². The van der Waals surface area contributed by atoms with E-state index in [9.17, 15) is 50.6 Å². The third-order valence-electron chi connectivity index (χ3n) is 13.1. The molecule has 2 saturated heterocycles. The van der Waals surface area contributed by atoms with Crippen LogP contribution in [0, 0.1) is 23.4 Å². The highest BCUT2D eigenvalue weighted by atomic mass is 19.4. The van der Waals surface area contributed by atoms with Crippen LogP contribution < -0.4 is 21.2 Å². The summed E-state index contributed by atoms with van der Waals surface area (Å²) in [4.78, 5) is 72.9. The fourth-order valence-electron chi connectivity index (χ4n) is 9.22. The van der Waals surface area contributed by atoms with E-state index in [1.807, 2.05) is 59.7 Å². The highest BCUT2D eigenvalue weighted by molar-refractivity contribution is 6.00. The number of rotatable bonds is 11. The Morgan fingerprint density at radius 3 is 2.26 bits per heavy atom. The number of aliphatic carboxylic acids is 1. The lowest BCUT2D eigenvalue weighted by Gasteiger charge is -2.35. The van der Waals surface area contributed by atoms with Gasteiger partial charge in [-0.3, -0.25) is 38.4 Å². The summed E-state index contributed by atoms with van der Waals surface area (Å²) in [6.07, 6.45) is 6.18. The number of hydrogen-bond acceptors (Lipinski definition) is 11. The number of alkyl halides is 3. The van der Waals surface area contributed by atoms with Gasteiger partial charge in [-0.2, -0.15) is 22.7 Å². The molecule has 0 unspecified atom stereocenters. The predicted octanol–water partition coefficient (Wildman–Crippen LogP) is 5.80. The molecule has 3 aliphatic rings. The number of carboxylic acid groups (broad SMARTS) is 1. The number of piperazine rings is 1. The number of imidazole rings is 1. The van der Waals surface area contributed by atoms with Gasteiger partial charge in [0.15, 0.2) is 23.2 Å². The van der Waals surface area contributed by atoms with Crippen LogP contribution in [-0.2, 0) is 27.9 Å². The van der Waals surface area contributed by atoms with E-state index >= 15 is 0 Å². The number of aromatic hydroxyl groups is 1. The maximum atomic E-state index is 14.2. The van der Waals surface area contributed by atoms with E-state index in [0.29, 0.717) is 23.8 Å². The van der Waals surface area contributed by atoms with Gasteiger partial charge in [0.25, 0.3) is 5.91 Å². The molecule has 23 heteroatoms. The number of imide groups is 1. The summed E-state index contributed by atoms with van der Waals surface area (Å²) >= 11 is 0. The fraction of sp³-hybridized carbons (Fsp3) is 0.404. The number of benzene rings is 3. The number of halogens is 6. The summed E-state index contributed by atoms with van der Waals surface area (Å²) in [6, 6.07) is 11.9. The van der Waals surface area contributed by atoms with Gasteiger partial charge in [0, 0.05) is 63.3 Å². The van der Waals surface area contributed by atoms with Crippen molar-refractivity contribution >= 4 is 51.3 Å². The first-order chi connectivity index (χ1) is 33.4. The van der Waals surface area contributed by atoms with Crippen molar-refractivity contribution < 1.29 is 55.7 Å². The topological polar surface area (TPSA) is 210 Å². The molecule has 0 bridgehead atoms. The van der Waals surface area contributed by atoms with E-state index in [0.717, 1.165) is 104 Å². The minimum atomic E-state index is -5.08. The zero-order chi connectivity index (χ0) is 50.0. The van der Waals surface area contributed by atoms with Gasteiger partial charge in [0.05, 0.1) is 46.2 Å². The zero-order valence-corrected chi connectivity index (χ0v) is 37.7. The highest BCUT2D eigenvalue weighted by Crippen LogP contribution is 2.34. The molecule has 5 heterocycles. The van der Waals surface area contributed by atoms with Gasteiger partial charge in [0.2, 0.25) is 17.6 Å². The van der Waals surface area contributed by atoms with Crippen LogP contribution >= 0.6 is 0 Å². The number of carboxylic acids is 1. The smallest absolute Gasteiger partial charge is 0.490 e. The van der Waals surface area contributed by atoms with Crippen molar-refractivity contribution in [2.75, 3.05) is 44.2 Å². The number of hydrogen-bond donors (Lipinski definition) is 4. The summed E-state index contributed by atoms with van der Waals surface area (Å²) in [7, 11) is 1.71. The lowest BCUT2D eigenvalue weighted by molar-refractivity contribution is -0.192. The number of aromatic nitrogens is 6. The minimum absolute atomic E-state index is 0.107. The molecule has 0 spiro atoms. The van der Waals surface area contributed by atoms with E-state index in [-0.39, 0.29) is 36.5 Å². The number of nitrogens with one attached hydrogen (secondary N) is 2. The molecule has 0 radical (unpaired) electrons. The molecule has 9 rings (SSSR count). The molecule has 3 fully saturated rings. The van der Waals surface area contributed by atoms with Gasteiger partial charge in [-0.1, -0.05) is 18.2 Å². The Bertz CT molecular complexity index is 3010. The first-order valence-corrected chi connectivity index (χ1v) is 22.6. The van der Waals surface area contributed by atoms with Gasteiger partial charge in [-0.15, -0.1) is 0 Å². The lowest BCUT2D eigenvalue weighted by atomic mass is 9.86. The molecule has 3 amide bonds. The lowest BCUT2D eigenvalue weighted by Crippen LogP contribution is -2.46. The van der Waals surface area contributed by atoms with E-state index < -0.39 is 58.8 Å². The van der Waals surface area contributed by atoms with Crippen molar-refractivity contribution in [2.24, 2.45) is 13.0 Å². The molecule has 3 aromatic heterocycles. The SMILES string of the molecule is Cn1c(=O)n([C@@H]2CCC(=O)NC2=O)c2ccc(CCCN3CCN(c4cnc(-c5ccc6cn(C7CCC(CNC(=O)c8cc(F)c(O)c(F)c8F)CC7)nc6c5)nc4)CC3)cc21.O=C(O)C(F)(F)F. The maximum Gasteiger partial charge on any atom is 0.490 e. The van der Waals surface area contributed by atoms with E-state index in [1.54, 1.807) is 11.6 Å². The number of phenols is 1. The fourth-order valence-corrected chi connectivity index (χ4v) is 9.22. The second-order valence-corrected chi connectivity index (χ2v) is 17.7. The molecule has 17 nitrogen and oxygen atoms in total. The van der Waals surface area contributed by atoms with Crippen molar-refractivity contribution in [3.05, 3.63) is 100 Å². The number of nitrogens with zero attached hydrogens (tertiary/aromatic N) is 8. The van der Waals surface area contributed by atoms with Crippen molar-refractivity contribution in [3.8, 4) is 17.1 Å². The maximum absolute atomic E-state index is 14.2. The first kappa shape index (κ1) is 49.1. The van der Waals surface area contributed by atoms with Gasteiger partial charge in [0.1, 0.15) is 6.04 Å². The molecular weight excluding hydrogens is 931 g/mol. The van der Waals surface area contributed by atoms with Gasteiger partial charge >= 0.3 is 17.8 Å². The number of carbonyl (C=O) groups is 4. The summed E-state index contributed by atoms with van der Waals surface area (Å²) in [5.41, 5.74) is 4.20. The number of amides is 3. The van der Waals surface area contributed by atoms with Crippen molar-refractivity contribution in [2.45, 2.75) is 69.6 Å². The number of piperidine rings is 1. The monoisotopic (exact) mass is 978 g/mol. The van der Waals surface area contributed by atoms with Crippen molar-refractivity contribution in [1.29, 1.82) is 0 Å². The summed E-state index contributed by atoms with van der Waals surface area (Å²) < 4.78 is 78.4. The van der Waals surface area contributed by atoms with Crippen LogP contribution in [0.2, 0.25) is 0 Å². The van der Waals surface area contributed by atoms with Gasteiger partial charge < -0.3 is 20.4 Å². The zero-order valence-electron chi connectivity index (χ0n) is 37.7. The van der Waals surface area contributed by atoms with Gasteiger partial charge in [-0.05, 0) is 87.2 Å². The average Bonchev–Trinajstić information content (AvgIpc) is 3.88. The summed E-state index contributed by atoms with van der Waals surface area (Å²) in [5, 5.41) is 27.2. The van der Waals surface area contributed by atoms with E-state index in [2.05, 4.69) is 20.4 Å². The molecule has 1 aliphatic carbocycles. The van der Waals surface area contributed by atoms with Crippen molar-refractivity contribution in [1.82, 2.24) is 44.4 Å². The molecule has 6 aromatic rings. The molecule has 3 aromatic carbocycles. The van der Waals surface area contributed by atoms with Crippen molar-refractivity contribution in [3.63, 3.8) is 0 Å². The second kappa shape index (κ2) is 20.3. The quantitative estimate of drug-likeness (QED) is 0.0691. The normalized spacial score (nSPS) is 19.0. The number of carbonyl (C=O) groups excluding carboxylic acids is 3. The Labute approximate surface area is 394 Å². The number of phenolic OH excluding ortho intramolecular Hbond substituents is 1. The Kier molecular flexibility index (Phi) is 14.3. The minimum Gasteiger partial charge on any atom is -0.503 e. The largest absolute Gasteiger partial charge is 0.503 e. The Balaban J connectivity index is 0.000000876. The highest BCUT2D eigenvalue weighted by Gasteiger charge is 2.38. The van der Waals surface area contributed by atoms with Crippen LogP contribution in [0.3, 0.4) is 0 Å². The van der Waals surface area contributed by atoms with Crippen LogP contribution in [0.25, 0.3) is 33.3 Å². The van der Waals surface area contributed by atoms with Gasteiger partial charge in [-0.25, -0.2) is 28.3 Å².